The lowest BCUT2D eigenvalue weighted by Gasteiger charge is -2.06. The smallest absolute Gasteiger partial charge is 0.335 e. The lowest BCUT2D eigenvalue weighted by Crippen LogP contribution is -2.32. The first-order valence-corrected chi connectivity index (χ1v) is 6.01. The Hall–Kier alpha value is -3.09. The minimum atomic E-state index is -1.09. The molecule has 1 aromatic carbocycles. The molecule has 0 unspecified atom stereocenters. The topological polar surface area (TPSA) is 109 Å². The van der Waals surface area contributed by atoms with Crippen LogP contribution in [0, 0.1) is 0 Å². The van der Waals surface area contributed by atoms with Gasteiger partial charge in [-0.05, 0) is 30.3 Å². The Balaban J connectivity index is 1.89. The first kappa shape index (κ1) is 14.3. The SMILES string of the molecule is O=C(CNC(=O)c1ccco1)Nc1cccc(C(=O)O)c1. The summed E-state index contributed by atoms with van der Waals surface area (Å²) in [4.78, 5) is 34.0. The second kappa shape index (κ2) is 6.38. The maximum atomic E-state index is 11.7. The van der Waals surface area contributed by atoms with Crippen molar-refractivity contribution in [3.05, 3.63) is 54.0 Å². The van der Waals surface area contributed by atoms with Crippen molar-refractivity contribution in [3.63, 3.8) is 0 Å². The van der Waals surface area contributed by atoms with E-state index in [2.05, 4.69) is 10.6 Å². The summed E-state index contributed by atoms with van der Waals surface area (Å²) in [6.45, 7) is -0.253. The number of hydrogen-bond donors (Lipinski definition) is 3. The molecule has 0 aliphatic carbocycles. The number of carboxylic acids is 1. The van der Waals surface area contributed by atoms with E-state index in [1.165, 1.54) is 30.5 Å². The molecular weight excluding hydrogens is 276 g/mol. The molecule has 7 nitrogen and oxygen atoms in total. The largest absolute Gasteiger partial charge is 0.478 e. The number of anilines is 1. The third-order valence-electron chi connectivity index (χ3n) is 2.55. The lowest BCUT2D eigenvalue weighted by molar-refractivity contribution is -0.115. The number of rotatable bonds is 5. The molecule has 108 valence electrons. The van der Waals surface area contributed by atoms with E-state index in [1.54, 1.807) is 12.1 Å². The maximum absolute atomic E-state index is 11.7. The fourth-order valence-electron chi connectivity index (χ4n) is 1.59. The van der Waals surface area contributed by atoms with Crippen molar-refractivity contribution in [1.82, 2.24) is 5.32 Å². The zero-order valence-electron chi connectivity index (χ0n) is 10.8. The van der Waals surface area contributed by atoms with Crippen molar-refractivity contribution in [2.24, 2.45) is 0 Å². The molecule has 0 atom stereocenters. The van der Waals surface area contributed by atoms with E-state index >= 15 is 0 Å². The van der Waals surface area contributed by atoms with Gasteiger partial charge in [-0.25, -0.2) is 4.79 Å². The summed E-state index contributed by atoms with van der Waals surface area (Å²) in [5.41, 5.74) is 0.402. The van der Waals surface area contributed by atoms with Gasteiger partial charge in [-0.1, -0.05) is 6.07 Å². The molecule has 0 aliphatic heterocycles. The number of carbonyl (C=O) groups excluding carboxylic acids is 2. The van der Waals surface area contributed by atoms with Crippen LogP contribution < -0.4 is 10.6 Å². The van der Waals surface area contributed by atoms with Gasteiger partial charge in [-0.15, -0.1) is 0 Å². The molecule has 0 radical (unpaired) electrons. The molecule has 0 saturated heterocycles. The number of benzene rings is 1. The van der Waals surface area contributed by atoms with Crippen LogP contribution in [0.4, 0.5) is 5.69 Å². The van der Waals surface area contributed by atoms with Gasteiger partial charge in [0.2, 0.25) is 5.91 Å². The summed E-state index contributed by atoms with van der Waals surface area (Å²) in [6, 6.07) is 8.85. The van der Waals surface area contributed by atoms with E-state index in [0.717, 1.165) is 0 Å². The monoisotopic (exact) mass is 288 g/mol. The quantitative estimate of drug-likeness (QED) is 0.769. The summed E-state index contributed by atoms with van der Waals surface area (Å²) in [5.74, 6) is -1.96. The molecule has 1 heterocycles. The van der Waals surface area contributed by atoms with Gasteiger partial charge in [0.15, 0.2) is 5.76 Å². The molecule has 0 saturated carbocycles. The van der Waals surface area contributed by atoms with Crippen molar-refractivity contribution in [2.75, 3.05) is 11.9 Å². The Bertz CT molecular complexity index is 664. The number of aromatic carboxylic acids is 1. The summed E-state index contributed by atoms with van der Waals surface area (Å²) in [7, 11) is 0. The summed E-state index contributed by atoms with van der Waals surface area (Å²) in [6.07, 6.45) is 1.35. The molecule has 0 fully saturated rings. The lowest BCUT2D eigenvalue weighted by atomic mass is 10.2. The minimum absolute atomic E-state index is 0.0624. The number of furan rings is 1. The normalized spacial score (nSPS) is 9.90. The molecule has 1 aromatic heterocycles. The second-order valence-corrected chi connectivity index (χ2v) is 4.09. The summed E-state index contributed by atoms with van der Waals surface area (Å²) in [5, 5.41) is 13.7. The van der Waals surface area contributed by atoms with Crippen LogP contribution in [0.15, 0.2) is 47.1 Å². The average Bonchev–Trinajstić information content (AvgIpc) is 2.99. The molecule has 0 bridgehead atoms. The fourth-order valence-corrected chi connectivity index (χ4v) is 1.59. The minimum Gasteiger partial charge on any atom is -0.478 e. The van der Waals surface area contributed by atoms with E-state index in [9.17, 15) is 14.4 Å². The highest BCUT2D eigenvalue weighted by Gasteiger charge is 2.11. The number of carbonyl (C=O) groups is 3. The van der Waals surface area contributed by atoms with Gasteiger partial charge in [0, 0.05) is 5.69 Å². The molecule has 0 spiro atoms. The highest BCUT2D eigenvalue weighted by atomic mass is 16.4. The van der Waals surface area contributed by atoms with Gasteiger partial charge in [-0.3, -0.25) is 9.59 Å². The van der Waals surface area contributed by atoms with Gasteiger partial charge in [-0.2, -0.15) is 0 Å². The molecule has 2 amide bonds. The van der Waals surface area contributed by atoms with Crippen LogP contribution >= 0.6 is 0 Å². The molecule has 2 rings (SSSR count). The van der Waals surface area contributed by atoms with E-state index in [1.807, 2.05) is 0 Å². The number of carboxylic acid groups (broad SMARTS) is 1. The zero-order valence-corrected chi connectivity index (χ0v) is 10.8. The fraction of sp³-hybridized carbons (Fsp3) is 0.0714. The predicted octanol–water partition coefficient (Wildman–Crippen LogP) is 1.35. The van der Waals surface area contributed by atoms with Gasteiger partial charge in [0.25, 0.3) is 5.91 Å². The van der Waals surface area contributed by atoms with E-state index < -0.39 is 17.8 Å². The van der Waals surface area contributed by atoms with Gasteiger partial charge in [0.05, 0.1) is 18.4 Å². The van der Waals surface area contributed by atoms with Gasteiger partial charge < -0.3 is 20.2 Å². The van der Waals surface area contributed by atoms with E-state index in [-0.39, 0.29) is 17.9 Å². The Kier molecular flexibility index (Phi) is 4.35. The van der Waals surface area contributed by atoms with Crippen molar-refractivity contribution in [1.29, 1.82) is 0 Å². The third-order valence-corrected chi connectivity index (χ3v) is 2.55. The zero-order chi connectivity index (χ0) is 15.2. The Morgan fingerprint density at radius 3 is 2.62 bits per heavy atom. The van der Waals surface area contributed by atoms with Crippen molar-refractivity contribution in [3.8, 4) is 0 Å². The van der Waals surface area contributed by atoms with Crippen LogP contribution in [0.5, 0.6) is 0 Å². The van der Waals surface area contributed by atoms with Crippen LogP contribution in [0.3, 0.4) is 0 Å². The maximum Gasteiger partial charge on any atom is 0.335 e. The van der Waals surface area contributed by atoms with Crippen molar-refractivity contribution < 1.29 is 23.9 Å². The average molecular weight is 288 g/mol. The van der Waals surface area contributed by atoms with Crippen LogP contribution in [-0.4, -0.2) is 29.4 Å². The van der Waals surface area contributed by atoms with E-state index in [0.29, 0.717) is 5.69 Å². The highest BCUT2D eigenvalue weighted by Crippen LogP contribution is 2.10. The first-order valence-electron chi connectivity index (χ1n) is 6.01. The van der Waals surface area contributed by atoms with Crippen molar-refractivity contribution >= 4 is 23.5 Å². The van der Waals surface area contributed by atoms with Gasteiger partial charge in [0.1, 0.15) is 0 Å². The summed E-state index contributed by atoms with van der Waals surface area (Å²) >= 11 is 0. The standard InChI is InChI=1S/C14H12N2O5/c17-12(8-15-13(18)11-5-2-6-21-11)16-10-4-1-3-9(7-10)14(19)20/h1-7H,8H2,(H,15,18)(H,16,17)(H,19,20). The third kappa shape index (κ3) is 3.93. The van der Waals surface area contributed by atoms with Crippen LogP contribution in [0.2, 0.25) is 0 Å². The Morgan fingerprint density at radius 1 is 1.14 bits per heavy atom. The number of nitrogens with one attached hydrogen (secondary N) is 2. The first-order chi connectivity index (χ1) is 10.1. The second-order valence-electron chi connectivity index (χ2n) is 4.09. The van der Waals surface area contributed by atoms with Crippen molar-refractivity contribution in [2.45, 2.75) is 0 Å². The van der Waals surface area contributed by atoms with E-state index in [4.69, 9.17) is 9.52 Å². The Morgan fingerprint density at radius 2 is 1.95 bits per heavy atom. The Labute approximate surface area is 119 Å². The highest BCUT2D eigenvalue weighted by molar-refractivity contribution is 5.98. The molecule has 7 heteroatoms. The number of hydrogen-bond acceptors (Lipinski definition) is 4. The molecular formula is C14H12N2O5. The predicted molar refractivity (Wildman–Crippen MR) is 73.1 cm³/mol. The molecule has 21 heavy (non-hydrogen) atoms. The van der Waals surface area contributed by atoms with Gasteiger partial charge >= 0.3 is 5.97 Å². The number of amides is 2. The van der Waals surface area contributed by atoms with Crippen LogP contribution in [-0.2, 0) is 4.79 Å². The van der Waals surface area contributed by atoms with Crippen LogP contribution in [0.1, 0.15) is 20.9 Å². The summed E-state index contributed by atoms with van der Waals surface area (Å²) < 4.78 is 4.88. The molecule has 3 N–H and O–H groups in total. The molecule has 0 aliphatic rings. The molecule has 2 aromatic rings. The van der Waals surface area contributed by atoms with Crippen LogP contribution in [0.25, 0.3) is 0 Å².